The number of carbonyl (C=O) groups is 1. The van der Waals surface area contributed by atoms with Crippen LogP contribution in [0.25, 0.3) is 0 Å². The van der Waals surface area contributed by atoms with E-state index in [0.29, 0.717) is 5.82 Å². The van der Waals surface area contributed by atoms with Crippen molar-refractivity contribution >= 4 is 28.1 Å². The van der Waals surface area contributed by atoms with Crippen molar-refractivity contribution in [3.63, 3.8) is 0 Å². The second-order valence-electron chi connectivity index (χ2n) is 3.54. The molecule has 0 atom stereocenters. The van der Waals surface area contributed by atoms with Crippen molar-refractivity contribution in [2.24, 2.45) is 12.2 Å². The molecule has 0 saturated heterocycles. The lowest BCUT2D eigenvalue weighted by Crippen LogP contribution is -2.16. The Bertz CT molecular complexity index is 618. The number of aliphatic carboxylic acids is 1. The van der Waals surface area contributed by atoms with Crippen LogP contribution in [0.4, 0.5) is 5.13 Å². The normalized spacial score (nSPS) is 11.5. The van der Waals surface area contributed by atoms with Crippen LogP contribution in [0.5, 0.6) is 0 Å². The SMILES string of the molecule is Cn1ccnc1CON=C(C(=O)O)c1csc(N)n1. The summed E-state index contributed by atoms with van der Waals surface area (Å²) in [4.78, 5) is 23.9. The van der Waals surface area contributed by atoms with E-state index < -0.39 is 5.97 Å². The molecule has 19 heavy (non-hydrogen) atoms. The van der Waals surface area contributed by atoms with Crippen LogP contribution in [0.15, 0.2) is 22.9 Å². The molecule has 0 aliphatic carbocycles. The van der Waals surface area contributed by atoms with Gasteiger partial charge in [0.2, 0.25) is 5.71 Å². The van der Waals surface area contributed by atoms with E-state index in [1.165, 1.54) is 5.38 Å². The second-order valence-corrected chi connectivity index (χ2v) is 4.43. The van der Waals surface area contributed by atoms with Crippen molar-refractivity contribution in [3.05, 3.63) is 29.3 Å². The van der Waals surface area contributed by atoms with Crippen molar-refractivity contribution in [1.82, 2.24) is 14.5 Å². The fourth-order valence-electron chi connectivity index (χ4n) is 1.28. The molecule has 8 nitrogen and oxygen atoms in total. The first kappa shape index (κ1) is 13.0. The van der Waals surface area contributed by atoms with E-state index in [0.717, 1.165) is 11.3 Å². The smallest absolute Gasteiger partial charge is 0.360 e. The topological polar surface area (TPSA) is 116 Å². The molecule has 0 aromatic carbocycles. The number of nitrogens with zero attached hydrogens (tertiary/aromatic N) is 4. The zero-order chi connectivity index (χ0) is 13.8. The molecule has 0 saturated carbocycles. The number of carboxylic acids is 1. The lowest BCUT2D eigenvalue weighted by Gasteiger charge is -2.01. The Balaban J connectivity index is 2.10. The fourth-order valence-corrected chi connectivity index (χ4v) is 1.83. The molecule has 0 aliphatic heterocycles. The van der Waals surface area contributed by atoms with E-state index in [4.69, 9.17) is 15.7 Å². The third kappa shape index (κ3) is 3.07. The van der Waals surface area contributed by atoms with E-state index in [1.54, 1.807) is 24.0 Å². The number of carboxylic acid groups (broad SMARTS) is 1. The summed E-state index contributed by atoms with van der Waals surface area (Å²) in [5, 5.41) is 14.4. The molecule has 2 aromatic rings. The zero-order valence-corrected chi connectivity index (χ0v) is 10.8. The molecule has 0 amide bonds. The molecule has 2 heterocycles. The molecule has 0 fully saturated rings. The van der Waals surface area contributed by atoms with E-state index in [1.807, 2.05) is 0 Å². The minimum atomic E-state index is -1.23. The van der Waals surface area contributed by atoms with Crippen molar-refractivity contribution in [1.29, 1.82) is 0 Å². The third-order valence-corrected chi connectivity index (χ3v) is 2.91. The molecular formula is C10H11N5O3S. The highest BCUT2D eigenvalue weighted by Gasteiger charge is 2.17. The highest BCUT2D eigenvalue weighted by atomic mass is 32.1. The molecule has 9 heteroatoms. The van der Waals surface area contributed by atoms with Gasteiger partial charge in [0, 0.05) is 24.8 Å². The first-order valence-electron chi connectivity index (χ1n) is 5.18. The number of imidazole rings is 1. The van der Waals surface area contributed by atoms with Crippen LogP contribution in [0.2, 0.25) is 0 Å². The largest absolute Gasteiger partial charge is 0.476 e. The molecule has 100 valence electrons. The number of hydrogen-bond acceptors (Lipinski definition) is 7. The number of oxime groups is 1. The summed E-state index contributed by atoms with van der Waals surface area (Å²) < 4.78 is 1.75. The summed E-state index contributed by atoms with van der Waals surface area (Å²) in [6.45, 7) is 0.0693. The third-order valence-electron chi connectivity index (χ3n) is 2.24. The second kappa shape index (κ2) is 5.48. The number of hydrogen-bond donors (Lipinski definition) is 2. The van der Waals surface area contributed by atoms with Gasteiger partial charge < -0.3 is 20.2 Å². The Morgan fingerprint density at radius 2 is 2.47 bits per heavy atom. The first-order chi connectivity index (χ1) is 9.08. The van der Waals surface area contributed by atoms with E-state index >= 15 is 0 Å². The number of nitrogens with two attached hydrogens (primary N) is 1. The van der Waals surface area contributed by atoms with Gasteiger partial charge in [0.25, 0.3) is 0 Å². The maximum Gasteiger partial charge on any atom is 0.360 e. The van der Waals surface area contributed by atoms with E-state index in [9.17, 15) is 4.79 Å². The van der Waals surface area contributed by atoms with Crippen LogP contribution in [0.1, 0.15) is 11.5 Å². The van der Waals surface area contributed by atoms with Gasteiger partial charge in [-0.3, -0.25) is 0 Å². The molecular weight excluding hydrogens is 270 g/mol. The maximum atomic E-state index is 11.1. The number of aromatic nitrogens is 3. The Kier molecular flexibility index (Phi) is 3.76. The van der Waals surface area contributed by atoms with Gasteiger partial charge in [0.1, 0.15) is 11.5 Å². The number of aryl methyl sites for hydroxylation is 1. The monoisotopic (exact) mass is 281 g/mol. The van der Waals surface area contributed by atoms with Gasteiger partial charge in [-0.25, -0.2) is 14.8 Å². The van der Waals surface area contributed by atoms with E-state index in [2.05, 4.69) is 15.1 Å². The molecule has 3 N–H and O–H groups in total. The van der Waals surface area contributed by atoms with Gasteiger partial charge in [-0.1, -0.05) is 5.16 Å². The van der Waals surface area contributed by atoms with Crippen LogP contribution in [0.3, 0.4) is 0 Å². The molecule has 2 rings (SSSR count). The minimum Gasteiger partial charge on any atom is -0.476 e. The van der Waals surface area contributed by atoms with E-state index in [-0.39, 0.29) is 23.1 Å². The van der Waals surface area contributed by atoms with Crippen molar-refractivity contribution in [2.45, 2.75) is 6.61 Å². The van der Waals surface area contributed by atoms with Crippen LogP contribution in [-0.4, -0.2) is 31.3 Å². The molecule has 0 bridgehead atoms. The Hall–Kier alpha value is -2.42. The molecule has 0 spiro atoms. The quantitative estimate of drug-likeness (QED) is 0.607. The lowest BCUT2D eigenvalue weighted by atomic mass is 10.3. The standard InChI is InChI=1S/C10H11N5O3S/c1-15-3-2-12-7(15)4-18-14-8(9(16)17)6-5-19-10(11)13-6/h2-3,5H,4H2,1H3,(H2,11,13)(H,16,17). The summed E-state index contributed by atoms with van der Waals surface area (Å²) in [6.07, 6.45) is 3.36. The number of anilines is 1. The van der Waals surface area contributed by atoms with Crippen molar-refractivity contribution in [2.75, 3.05) is 5.73 Å². The van der Waals surface area contributed by atoms with Crippen molar-refractivity contribution < 1.29 is 14.7 Å². The van der Waals surface area contributed by atoms with Gasteiger partial charge in [-0.15, -0.1) is 11.3 Å². The van der Waals surface area contributed by atoms with Gasteiger partial charge in [0.05, 0.1) is 0 Å². The average Bonchev–Trinajstić information content (AvgIpc) is 2.94. The highest BCUT2D eigenvalue weighted by molar-refractivity contribution is 7.13. The Morgan fingerprint density at radius 3 is 3.00 bits per heavy atom. The lowest BCUT2D eigenvalue weighted by molar-refractivity contribution is -0.129. The highest BCUT2D eigenvalue weighted by Crippen LogP contribution is 2.12. The molecule has 0 radical (unpaired) electrons. The van der Waals surface area contributed by atoms with Crippen LogP contribution in [-0.2, 0) is 23.3 Å². The fraction of sp³-hybridized carbons (Fsp3) is 0.200. The maximum absolute atomic E-state index is 11.1. The predicted molar refractivity (Wildman–Crippen MR) is 68.7 cm³/mol. The summed E-state index contributed by atoms with van der Waals surface area (Å²) in [5.74, 6) is -0.601. The van der Waals surface area contributed by atoms with Crippen LogP contribution >= 0.6 is 11.3 Å². The Morgan fingerprint density at radius 1 is 1.68 bits per heavy atom. The van der Waals surface area contributed by atoms with Gasteiger partial charge >= 0.3 is 5.97 Å². The summed E-state index contributed by atoms with van der Waals surface area (Å²) >= 11 is 1.13. The zero-order valence-electron chi connectivity index (χ0n) is 9.98. The molecule has 2 aromatic heterocycles. The first-order valence-corrected chi connectivity index (χ1v) is 6.06. The number of nitrogen functional groups attached to an aromatic ring is 1. The minimum absolute atomic E-state index is 0.0693. The number of thiazole rings is 1. The van der Waals surface area contributed by atoms with Crippen LogP contribution < -0.4 is 5.73 Å². The molecule has 0 unspecified atom stereocenters. The Labute approximate surface area is 112 Å². The van der Waals surface area contributed by atoms with Crippen molar-refractivity contribution in [3.8, 4) is 0 Å². The average molecular weight is 281 g/mol. The van der Waals surface area contributed by atoms with Gasteiger partial charge in [-0.05, 0) is 0 Å². The molecule has 0 aliphatic rings. The summed E-state index contributed by atoms with van der Waals surface area (Å²) in [7, 11) is 1.80. The van der Waals surface area contributed by atoms with Gasteiger partial charge in [-0.2, -0.15) is 0 Å². The number of rotatable bonds is 5. The predicted octanol–water partition coefficient (Wildman–Crippen LogP) is 0.464. The summed E-state index contributed by atoms with van der Waals surface area (Å²) in [5.41, 5.74) is 5.33. The van der Waals surface area contributed by atoms with Gasteiger partial charge in [0.15, 0.2) is 11.7 Å². The summed E-state index contributed by atoms with van der Waals surface area (Å²) in [6, 6.07) is 0. The van der Waals surface area contributed by atoms with Crippen LogP contribution in [0, 0.1) is 0 Å².